The SMILES string of the molecule is C=CCOC12Oc3ccc(OC(=O)NCC)cc3C3C(CCCCO)C(CCCCO)C=C(C(=NOC4CCCCO4)CC1N(C)C(=O)c1ccc(C#N)cc1)C32. The lowest BCUT2D eigenvalue weighted by molar-refractivity contribution is -0.252. The van der Waals surface area contributed by atoms with Gasteiger partial charge in [-0.15, -0.1) is 6.58 Å². The predicted molar refractivity (Wildman–Crippen MR) is 213 cm³/mol. The molecule has 0 bridgehead atoms. The molecule has 3 N–H and O–H groups in total. The van der Waals surface area contributed by atoms with Crippen LogP contribution in [-0.4, -0.2) is 91.0 Å². The summed E-state index contributed by atoms with van der Waals surface area (Å²) < 4.78 is 25.8. The Balaban J connectivity index is 1.56. The van der Waals surface area contributed by atoms with E-state index in [1.807, 2.05) is 13.0 Å². The first-order chi connectivity index (χ1) is 27.8. The minimum Gasteiger partial charge on any atom is -0.459 e. The van der Waals surface area contributed by atoms with Crippen molar-refractivity contribution in [3.05, 3.63) is 83.5 Å². The van der Waals surface area contributed by atoms with Crippen molar-refractivity contribution in [2.45, 2.75) is 95.2 Å². The maximum Gasteiger partial charge on any atom is 0.412 e. The number of fused-ring (bicyclic) bond motifs is 2. The summed E-state index contributed by atoms with van der Waals surface area (Å²) in [6, 6.07) is 13.3. The van der Waals surface area contributed by atoms with Crippen LogP contribution in [0.15, 0.2) is 71.9 Å². The largest absolute Gasteiger partial charge is 0.459 e. The third-order valence-corrected chi connectivity index (χ3v) is 11.6. The fourth-order valence-corrected chi connectivity index (χ4v) is 9.03. The Morgan fingerprint density at radius 1 is 1.11 bits per heavy atom. The van der Waals surface area contributed by atoms with Crippen molar-refractivity contribution in [1.82, 2.24) is 10.2 Å². The molecule has 0 spiro atoms. The molecule has 4 aliphatic rings. The normalized spacial score (nSPS) is 26.8. The van der Waals surface area contributed by atoms with Crippen LogP contribution < -0.4 is 14.8 Å². The number of rotatable bonds is 17. The minimum atomic E-state index is -1.44. The van der Waals surface area contributed by atoms with E-state index in [0.717, 1.165) is 49.7 Å². The van der Waals surface area contributed by atoms with Crippen molar-refractivity contribution >= 4 is 17.7 Å². The fraction of sp³-hybridized carbons (Fsp3) is 0.545. The van der Waals surface area contributed by atoms with Crippen molar-refractivity contribution < 1.29 is 43.6 Å². The summed E-state index contributed by atoms with van der Waals surface area (Å²) in [7, 11) is 1.73. The molecule has 7 unspecified atom stereocenters. The molecule has 2 heterocycles. The van der Waals surface area contributed by atoms with Crippen LogP contribution in [0.1, 0.15) is 98.5 Å². The molecule has 13 nitrogen and oxygen atoms in total. The van der Waals surface area contributed by atoms with Gasteiger partial charge in [0.25, 0.3) is 5.91 Å². The highest BCUT2D eigenvalue weighted by molar-refractivity contribution is 6.03. The van der Waals surface area contributed by atoms with Gasteiger partial charge in [0.2, 0.25) is 12.1 Å². The summed E-state index contributed by atoms with van der Waals surface area (Å²) in [6.45, 7) is 7.06. The monoisotopic (exact) mass is 784 g/mol. The molecule has 13 heteroatoms. The lowest BCUT2D eigenvalue weighted by Gasteiger charge is -2.59. The van der Waals surface area contributed by atoms with Crippen molar-refractivity contribution in [2.75, 3.05) is 40.0 Å². The van der Waals surface area contributed by atoms with E-state index in [4.69, 9.17) is 28.9 Å². The summed E-state index contributed by atoms with van der Waals surface area (Å²) in [5.74, 6) is -1.60. The lowest BCUT2D eigenvalue weighted by Crippen LogP contribution is -2.69. The number of likely N-dealkylation sites (N-methyl/N-ethyl adjacent to an activating group) is 1. The molecule has 1 saturated heterocycles. The Hall–Kier alpha value is -4.74. The van der Waals surface area contributed by atoms with E-state index in [0.29, 0.717) is 60.8 Å². The maximum atomic E-state index is 14.5. The molecule has 0 aromatic heterocycles. The van der Waals surface area contributed by atoms with Crippen molar-refractivity contribution in [2.24, 2.45) is 22.9 Å². The third kappa shape index (κ3) is 9.20. The van der Waals surface area contributed by atoms with Crippen molar-refractivity contribution in [3.63, 3.8) is 0 Å². The molecule has 6 rings (SSSR count). The van der Waals surface area contributed by atoms with E-state index < -0.39 is 30.1 Å². The van der Waals surface area contributed by atoms with E-state index in [-0.39, 0.29) is 49.9 Å². The van der Waals surface area contributed by atoms with E-state index in [1.165, 1.54) is 0 Å². The summed E-state index contributed by atoms with van der Waals surface area (Å²) >= 11 is 0. The minimum absolute atomic E-state index is 0.000183. The van der Waals surface area contributed by atoms with E-state index in [2.05, 4.69) is 24.0 Å². The highest BCUT2D eigenvalue weighted by Gasteiger charge is 2.65. The van der Waals surface area contributed by atoms with Crippen LogP contribution in [0.4, 0.5) is 4.79 Å². The van der Waals surface area contributed by atoms with Gasteiger partial charge in [0, 0.05) is 56.7 Å². The first kappa shape index (κ1) is 41.9. The number of amides is 2. The van der Waals surface area contributed by atoms with Crippen molar-refractivity contribution in [3.8, 4) is 17.6 Å². The molecule has 2 aliphatic carbocycles. The lowest BCUT2D eigenvalue weighted by atomic mass is 9.55. The third-order valence-electron chi connectivity index (χ3n) is 11.6. The number of benzene rings is 2. The van der Waals surface area contributed by atoms with E-state index >= 15 is 0 Å². The molecule has 306 valence electrons. The topological polar surface area (TPSA) is 172 Å². The molecule has 2 fully saturated rings. The molecule has 2 aliphatic heterocycles. The van der Waals surface area contributed by atoms with Gasteiger partial charge in [-0.3, -0.25) is 4.79 Å². The van der Waals surface area contributed by atoms with Gasteiger partial charge in [-0.05, 0) is 105 Å². The second-order valence-electron chi connectivity index (χ2n) is 15.2. The Morgan fingerprint density at radius 2 is 1.88 bits per heavy atom. The summed E-state index contributed by atoms with van der Waals surface area (Å²) in [5.41, 5.74) is 3.23. The average Bonchev–Trinajstić information content (AvgIpc) is 3.23. The van der Waals surface area contributed by atoms with Crippen LogP contribution in [0.3, 0.4) is 0 Å². The van der Waals surface area contributed by atoms with Gasteiger partial charge >= 0.3 is 6.09 Å². The standard InChI is InChI=1S/C44H56N4O9/c1-4-23-54-44-38(48(3)42(51)30-17-15-29(28-45)16-18-30)27-36(47-57-39-14-8-11-24-53-39)34-25-31(12-6-9-21-49)33(13-7-10-22-50)40(41(34)44)35-26-32(19-20-37(35)56-44)55-43(52)46-5-2/h4,15-20,25-26,31,33,38-41,49-50H,1,5-14,21-24,27H2,2-3H3,(H,46,52). The Bertz CT molecular complexity index is 1820. The van der Waals surface area contributed by atoms with Crippen LogP contribution in [0.25, 0.3) is 0 Å². The predicted octanol–water partition coefficient (Wildman–Crippen LogP) is 6.60. The number of unbranched alkanes of at least 4 members (excludes halogenated alkanes) is 2. The number of aliphatic hydroxyl groups is 2. The molecule has 2 aromatic carbocycles. The van der Waals surface area contributed by atoms with Crippen LogP contribution >= 0.6 is 0 Å². The first-order valence-corrected chi connectivity index (χ1v) is 20.4. The Labute approximate surface area is 335 Å². The molecule has 2 amide bonds. The smallest absolute Gasteiger partial charge is 0.412 e. The van der Waals surface area contributed by atoms with Gasteiger partial charge in [-0.25, -0.2) is 4.79 Å². The van der Waals surface area contributed by atoms with Gasteiger partial charge < -0.3 is 44.2 Å². The average molecular weight is 785 g/mol. The number of ether oxygens (including phenoxy) is 4. The molecular formula is C44H56N4O9. The Morgan fingerprint density at radius 3 is 2.56 bits per heavy atom. The Kier molecular flexibility index (Phi) is 14.4. The van der Waals surface area contributed by atoms with Gasteiger partial charge in [0.1, 0.15) is 17.5 Å². The number of aliphatic hydroxyl groups excluding tert-OH is 2. The van der Waals surface area contributed by atoms with Crippen LogP contribution in [0, 0.1) is 29.1 Å². The van der Waals surface area contributed by atoms with Gasteiger partial charge in [0.15, 0.2) is 0 Å². The molecule has 2 aromatic rings. The summed E-state index contributed by atoms with van der Waals surface area (Å²) in [6.07, 6.45) is 10.1. The second kappa shape index (κ2) is 19.6. The summed E-state index contributed by atoms with van der Waals surface area (Å²) in [5, 5.41) is 36.7. The number of allylic oxidation sites excluding steroid dienone is 1. The van der Waals surface area contributed by atoms with Crippen LogP contribution in [0.5, 0.6) is 11.5 Å². The fourth-order valence-electron chi connectivity index (χ4n) is 9.03. The zero-order chi connectivity index (χ0) is 40.4. The van der Waals surface area contributed by atoms with Crippen molar-refractivity contribution in [1.29, 1.82) is 5.26 Å². The van der Waals surface area contributed by atoms with E-state index in [1.54, 1.807) is 54.4 Å². The van der Waals surface area contributed by atoms with Gasteiger partial charge in [-0.2, -0.15) is 5.26 Å². The zero-order valence-electron chi connectivity index (χ0n) is 33.1. The molecule has 0 radical (unpaired) electrons. The van der Waals surface area contributed by atoms with E-state index in [9.17, 15) is 25.1 Å². The van der Waals surface area contributed by atoms with Crippen LogP contribution in [0.2, 0.25) is 0 Å². The van der Waals surface area contributed by atoms with Gasteiger partial charge in [0.05, 0.1) is 36.5 Å². The molecular weight excluding hydrogens is 729 g/mol. The number of nitriles is 1. The zero-order valence-corrected chi connectivity index (χ0v) is 33.1. The molecule has 7 atom stereocenters. The molecule has 57 heavy (non-hydrogen) atoms. The number of nitrogens with one attached hydrogen (secondary N) is 1. The quantitative estimate of drug-likeness (QED) is 0.0902. The maximum absolute atomic E-state index is 14.5. The van der Waals surface area contributed by atoms with Crippen LogP contribution in [-0.2, 0) is 14.3 Å². The number of nitrogens with zero attached hydrogens (tertiary/aromatic N) is 3. The number of oxime groups is 1. The number of hydrogen-bond donors (Lipinski definition) is 3. The second-order valence-corrected chi connectivity index (χ2v) is 15.2. The number of carbonyl (C=O) groups is 2. The molecule has 1 saturated carbocycles. The highest BCUT2D eigenvalue weighted by atomic mass is 16.8. The van der Waals surface area contributed by atoms with Gasteiger partial charge in [-0.1, -0.05) is 30.1 Å². The first-order valence-electron chi connectivity index (χ1n) is 20.4. The number of carbonyl (C=O) groups excluding carboxylic acids is 2. The highest BCUT2D eigenvalue weighted by Crippen LogP contribution is 2.62. The number of hydrogen-bond acceptors (Lipinski definition) is 11. The summed E-state index contributed by atoms with van der Waals surface area (Å²) in [4.78, 5) is 35.0.